The molecule has 0 aliphatic heterocycles. The van der Waals surface area contributed by atoms with Gasteiger partial charge in [-0.25, -0.2) is 0 Å². The Hall–Kier alpha value is -0.850. The van der Waals surface area contributed by atoms with Crippen LogP contribution in [0.1, 0.15) is 0 Å². The minimum atomic E-state index is -1.13. The van der Waals surface area contributed by atoms with Crippen LogP contribution < -0.4 is 0 Å². The largest absolute Gasteiger partial charge is 0.420 e. The van der Waals surface area contributed by atoms with Crippen molar-refractivity contribution < 1.29 is 9.31 Å². The maximum absolute atomic E-state index is 9.27. The van der Waals surface area contributed by atoms with Crippen LogP contribution in [0.25, 0.3) is 10.7 Å². The molecule has 0 saturated heterocycles. The van der Waals surface area contributed by atoms with E-state index in [4.69, 9.17) is 4.42 Å². The third-order valence-electron chi connectivity index (χ3n) is 1.39. The summed E-state index contributed by atoms with van der Waals surface area (Å²) < 4.78 is 5.06. The SMILES string of the molecule is O[p+]1coc2ccccc21. The van der Waals surface area contributed by atoms with Crippen LogP contribution in [0, 0.1) is 0 Å². The average Bonchev–Trinajstić information content (AvgIpc) is 2.34. The van der Waals surface area contributed by atoms with Gasteiger partial charge in [0.1, 0.15) is 0 Å². The van der Waals surface area contributed by atoms with E-state index >= 15 is 0 Å². The standard InChI is InChI=1S/C7H6O2P/c8-10-5-9-6-3-1-2-4-7(6)10/h1-5,8H/q+1. The second-order valence-electron chi connectivity index (χ2n) is 2.04. The van der Waals surface area contributed by atoms with E-state index in [0.29, 0.717) is 0 Å². The fourth-order valence-corrected chi connectivity index (χ4v) is 1.83. The first-order valence-electron chi connectivity index (χ1n) is 2.95. The molecule has 1 N–H and O–H groups in total. The van der Waals surface area contributed by atoms with E-state index < -0.39 is 7.76 Å². The van der Waals surface area contributed by atoms with Crippen LogP contribution in [0.2, 0.25) is 0 Å². The number of rotatable bonds is 0. The molecule has 0 fully saturated rings. The molecule has 1 atom stereocenters. The Morgan fingerprint density at radius 2 is 2.10 bits per heavy atom. The molecule has 2 aromatic rings. The summed E-state index contributed by atoms with van der Waals surface area (Å²) in [5.41, 5.74) is 0.788. The van der Waals surface area contributed by atoms with Crippen LogP contribution >= 0.6 is 7.76 Å². The van der Waals surface area contributed by atoms with Gasteiger partial charge in [0.2, 0.25) is 5.12 Å². The highest BCUT2D eigenvalue weighted by Crippen LogP contribution is 2.34. The summed E-state index contributed by atoms with van der Waals surface area (Å²) in [4.78, 5) is 9.27. The van der Waals surface area contributed by atoms with Gasteiger partial charge < -0.3 is 4.42 Å². The molecule has 0 amide bonds. The molecular weight excluding hydrogens is 147 g/mol. The van der Waals surface area contributed by atoms with Gasteiger partial charge in [0.15, 0.2) is 5.58 Å². The predicted octanol–water partition coefficient (Wildman–Crippen LogP) is 2.46. The molecule has 1 aromatic carbocycles. The highest BCUT2D eigenvalue weighted by atomic mass is 31.1. The summed E-state index contributed by atoms with van der Waals surface area (Å²) in [5, 5.41) is 0.914. The number of benzene rings is 1. The molecule has 0 aliphatic carbocycles. The molecule has 0 bridgehead atoms. The number of hydrogen-bond acceptors (Lipinski definition) is 2. The van der Waals surface area contributed by atoms with E-state index in [-0.39, 0.29) is 0 Å². The molecule has 0 saturated carbocycles. The zero-order chi connectivity index (χ0) is 6.97. The van der Waals surface area contributed by atoms with Crippen LogP contribution in [0.4, 0.5) is 0 Å². The van der Waals surface area contributed by atoms with Crippen molar-refractivity contribution in [2.75, 3.05) is 0 Å². The topological polar surface area (TPSA) is 33.4 Å². The first-order valence-corrected chi connectivity index (χ1v) is 4.31. The van der Waals surface area contributed by atoms with Crippen molar-refractivity contribution >= 4 is 18.5 Å². The first-order chi connectivity index (χ1) is 4.88. The molecule has 3 heteroatoms. The quantitative estimate of drug-likeness (QED) is 0.630. The molecule has 2 nitrogen and oxygen atoms in total. The molecule has 1 aromatic heterocycles. The van der Waals surface area contributed by atoms with Crippen molar-refractivity contribution in [3.8, 4) is 0 Å². The van der Waals surface area contributed by atoms with Crippen molar-refractivity contribution in [2.24, 2.45) is 0 Å². The third kappa shape index (κ3) is 0.737. The third-order valence-corrected chi connectivity index (χ3v) is 2.56. The van der Waals surface area contributed by atoms with E-state index in [1.54, 1.807) is 0 Å². The van der Waals surface area contributed by atoms with E-state index in [1.807, 2.05) is 24.3 Å². The zero-order valence-electron chi connectivity index (χ0n) is 5.19. The maximum atomic E-state index is 9.27. The van der Waals surface area contributed by atoms with Gasteiger partial charge in [0.05, 0.1) is 0 Å². The minimum absolute atomic E-state index is 0.788. The van der Waals surface area contributed by atoms with Crippen molar-refractivity contribution in [1.29, 1.82) is 0 Å². The molecule has 1 heterocycles. The van der Waals surface area contributed by atoms with Crippen LogP contribution in [0.3, 0.4) is 0 Å². The molecule has 2 rings (SSSR count). The summed E-state index contributed by atoms with van der Waals surface area (Å²) >= 11 is 0. The Morgan fingerprint density at radius 1 is 1.30 bits per heavy atom. The summed E-state index contributed by atoms with van der Waals surface area (Å²) in [6, 6.07) is 7.52. The van der Waals surface area contributed by atoms with E-state index in [0.717, 1.165) is 10.7 Å². The number of fused-ring (bicyclic) bond motifs is 1. The average molecular weight is 153 g/mol. The van der Waals surface area contributed by atoms with Crippen LogP contribution in [-0.2, 0) is 0 Å². The van der Waals surface area contributed by atoms with E-state index in [9.17, 15) is 4.89 Å². The zero-order valence-corrected chi connectivity index (χ0v) is 6.08. The minimum Gasteiger partial charge on any atom is -0.420 e. The van der Waals surface area contributed by atoms with Gasteiger partial charge in [-0.1, -0.05) is 12.1 Å². The van der Waals surface area contributed by atoms with Gasteiger partial charge in [-0.3, -0.25) is 0 Å². The molecule has 10 heavy (non-hydrogen) atoms. The van der Waals surface area contributed by atoms with Crippen molar-refractivity contribution in [1.82, 2.24) is 0 Å². The highest BCUT2D eigenvalue weighted by molar-refractivity contribution is 7.48. The fourth-order valence-electron chi connectivity index (χ4n) is 0.910. The summed E-state index contributed by atoms with van der Waals surface area (Å²) in [7, 11) is -1.13. The van der Waals surface area contributed by atoms with Crippen LogP contribution in [0.5, 0.6) is 0 Å². The lowest BCUT2D eigenvalue weighted by atomic mass is 10.4. The highest BCUT2D eigenvalue weighted by Gasteiger charge is 2.12. The Bertz CT molecular complexity index is 353. The summed E-state index contributed by atoms with van der Waals surface area (Å²) in [5.74, 6) is 1.49. The predicted molar refractivity (Wildman–Crippen MR) is 40.9 cm³/mol. The lowest BCUT2D eigenvalue weighted by molar-refractivity contribution is 0.605. The smallest absolute Gasteiger partial charge is 0.334 e. The summed E-state index contributed by atoms with van der Waals surface area (Å²) in [6.45, 7) is 0. The second kappa shape index (κ2) is 2.08. The Balaban J connectivity index is 2.93. The van der Waals surface area contributed by atoms with Gasteiger partial charge in [0, 0.05) is 0 Å². The van der Waals surface area contributed by atoms with E-state index in [2.05, 4.69) is 0 Å². The van der Waals surface area contributed by atoms with Gasteiger partial charge >= 0.3 is 13.8 Å². The van der Waals surface area contributed by atoms with Gasteiger partial charge in [-0.2, -0.15) is 4.89 Å². The Morgan fingerprint density at radius 3 is 2.90 bits per heavy atom. The Labute approximate surface area is 58.9 Å². The van der Waals surface area contributed by atoms with Gasteiger partial charge in [-0.05, 0) is 12.1 Å². The molecular formula is C7H6O2P+. The first kappa shape index (κ1) is 5.90. The molecule has 0 radical (unpaired) electrons. The molecule has 1 unspecified atom stereocenters. The lowest BCUT2D eigenvalue weighted by Gasteiger charge is -1.76. The summed E-state index contributed by atoms with van der Waals surface area (Å²) in [6.07, 6.45) is 0. The molecule has 0 spiro atoms. The second-order valence-corrected chi connectivity index (χ2v) is 3.42. The maximum Gasteiger partial charge on any atom is 0.334 e. The molecule has 50 valence electrons. The van der Waals surface area contributed by atoms with Crippen LogP contribution in [0.15, 0.2) is 34.7 Å². The van der Waals surface area contributed by atoms with Crippen molar-refractivity contribution in [2.45, 2.75) is 0 Å². The van der Waals surface area contributed by atoms with Crippen molar-refractivity contribution in [3.05, 3.63) is 30.3 Å². The number of hydrogen-bond donors (Lipinski definition) is 1. The van der Waals surface area contributed by atoms with Crippen LogP contribution in [-0.4, -0.2) is 4.89 Å². The Kier molecular flexibility index (Phi) is 1.23. The van der Waals surface area contributed by atoms with E-state index in [1.165, 1.54) is 5.99 Å². The van der Waals surface area contributed by atoms with Gasteiger partial charge in [-0.15, -0.1) is 0 Å². The lowest BCUT2D eigenvalue weighted by Crippen LogP contribution is -1.57. The van der Waals surface area contributed by atoms with Crippen molar-refractivity contribution in [3.63, 3.8) is 0 Å². The van der Waals surface area contributed by atoms with Gasteiger partial charge in [0.25, 0.3) is 0 Å². The monoisotopic (exact) mass is 153 g/mol. The normalized spacial score (nSPS) is 12.3. The number of para-hydroxylation sites is 1. The molecule has 0 aliphatic rings. The fraction of sp³-hybridized carbons (Fsp3) is 0.